The van der Waals surface area contributed by atoms with Gasteiger partial charge in [-0.2, -0.15) is 5.26 Å². The van der Waals surface area contributed by atoms with Gasteiger partial charge in [0.2, 0.25) is 0 Å². The minimum Gasteiger partial charge on any atom is -0.356 e. The largest absolute Gasteiger partial charge is 0.356 e. The molecule has 1 amide bonds. The quantitative estimate of drug-likeness (QED) is 0.667. The zero-order valence-corrected chi connectivity index (χ0v) is 15.1. The third-order valence-corrected chi connectivity index (χ3v) is 5.24. The molecule has 1 aliphatic rings. The molecule has 124 valence electrons. The van der Waals surface area contributed by atoms with Crippen molar-refractivity contribution in [2.24, 2.45) is 0 Å². The van der Waals surface area contributed by atoms with Gasteiger partial charge in [-0.1, -0.05) is 15.9 Å². The van der Waals surface area contributed by atoms with E-state index < -0.39 is 0 Å². The summed E-state index contributed by atoms with van der Waals surface area (Å²) in [5.74, 6) is -0.109. The lowest BCUT2D eigenvalue weighted by molar-refractivity contribution is 0.0932. The van der Waals surface area contributed by atoms with E-state index in [4.69, 9.17) is 5.26 Å². The number of aromatic nitrogens is 1. The molecule has 2 aromatic carbocycles. The lowest BCUT2D eigenvalue weighted by Gasteiger charge is -2.24. The number of fused-ring (bicyclic) bond motifs is 3. The second-order valence-corrected chi connectivity index (χ2v) is 7.23. The number of nitriles is 1. The monoisotopic (exact) mass is 393 g/mol. The van der Waals surface area contributed by atoms with Crippen LogP contribution >= 0.6 is 15.9 Å². The Morgan fingerprint density at radius 2 is 2.04 bits per heavy atom. The number of hydrogen-bond donors (Lipinski definition) is 2. The van der Waals surface area contributed by atoms with Crippen LogP contribution in [0.1, 0.15) is 46.1 Å². The van der Waals surface area contributed by atoms with Crippen molar-refractivity contribution in [2.45, 2.75) is 25.3 Å². The molecule has 4 nitrogen and oxygen atoms in total. The lowest BCUT2D eigenvalue weighted by atomic mass is 9.91. The van der Waals surface area contributed by atoms with Crippen molar-refractivity contribution in [3.05, 3.63) is 69.3 Å². The number of rotatable bonds is 2. The Morgan fingerprint density at radius 3 is 2.80 bits per heavy atom. The number of H-pyrrole nitrogens is 1. The summed E-state index contributed by atoms with van der Waals surface area (Å²) in [6, 6.07) is 15.0. The molecule has 1 aromatic heterocycles. The highest BCUT2D eigenvalue weighted by molar-refractivity contribution is 9.10. The Kier molecular flexibility index (Phi) is 4.06. The molecule has 0 spiro atoms. The predicted molar refractivity (Wildman–Crippen MR) is 100 cm³/mol. The second-order valence-electron chi connectivity index (χ2n) is 6.31. The minimum absolute atomic E-state index is 0.0157. The first kappa shape index (κ1) is 15.9. The minimum atomic E-state index is -0.109. The van der Waals surface area contributed by atoms with Gasteiger partial charge in [-0.3, -0.25) is 4.79 Å². The molecule has 0 fully saturated rings. The molecule has 5 heteroatoms. The van der Waals surface area contributed by atoms with E-state index in [1.807, 2.05) is 6.07 Å². The van der Waals surface area contributed by atoms with Gasteiger partial charge in [0.15, 0.2) is 0 Å². The molecule has 2 N–H and O–H groups in total. The smallest absolute Gasteiger partial charge is 0.251 e. The van der Waals surface area contributed by atoms with Gasteiger partial charge in [-0.05, 0) is 67.3 Å². The van der Waals surface area contributed by atoms with Crippen molar-refractivity contribution in [3.8, 4) is 6.07 Å². The SMILES string of the molecule is N#Cc1ccc(C(=O)NC2CCCc3c2[nH]c2ccc(Br)cc32)cc1. The van der Waals surface area contributed by atoms with Gasteiger partial charge in [0, 0.05) is 26.6 Å². The summed E-state index contributed by atoms with van der Waals surface area (Å²) in [4.78, 5) is 16.1. The van der Waals surface area contributed by atoms with Gasteiger partial charge >= 0.3 is 0 Å². The van der Waals surface area contributed by atoms with Crippen LogP contribution in [0.4, 0.5) is 0 Å². The first-order valence-electron chi connectivity index (χ1n) is 8.27. The van der Waals surface area contributed by atoms with E-state index in [0.717, 1.165) is 34.9 Å². The Bertz CT molecular complexity index is 998. The Labute approximate surface area is 154 Å². The molecule has 0 bridgehead atoms. The van der Waals surface area contributed by atoms with Crippen LogP contribution in [0.5, 0.6) is 0 Å². The molecule has 0 saturated carbocycles. The van der Waals surface area contributed by atoms with Crippen LogP contribution in [0.3, 0.4) is 0 Å². The van der Waals surface area contributed by atoms with Gasteiger partial charge in [-0.25, -0.2) is 0 Å². The first-order chi connectivity index (χ1) is 12.2. The van der Waals surface area contributed by atoms with E-state index in [2.05, 4.69) is 44.4 Å². The number of hydrogen-bond acceptors (Lipinski definition) is 2. The highest BCUT2D eigenvalue weighted by Gasteiger charge is 2.26. The number of carbonyl (C=O) groups excluding carboxylic acids is 1. The van der Waals surface area contributed by atoms with Gasteiger partial charge < -0.3 is 10.3 Å². The number of halogens is 1. The second kappa shape index (κ2) is 6.38. The Morgan fingerprint density at radius 1 is 1.24 bits per heavy atom. The van der Waals surface area contributed by atoms with Crippen LogP contribution < -0.4 is 5.32 Å². The van der Waals surface area contributed by atoms with Crippen LogP contribution in [0.15, 0.2) is 46.9 Å². The number of aromatic amines is 1. The molecule has 25 heavy (non-hydrogen) atoms. The first-order valence-corrected chi connectivity index (χ1v) is 9.06. The van der Waals surface area contributed by atoms with Crippen molar-refractivity contribution >= 4 is 32.7 Å². The maximum absolute atomic E-state index is 12.6. The number of nitrogens with zero attached hydrogens (tertiary/aromatic N) is 1. The fraction of sp³-hybridized carbons (Fsp3) is 0.200. The fourth-order valence-corrected chi connectivity index (χ4v) is 3.88. The Hall–Kier alpha value is -2.58. The molecule has 1 aliphatic carbocycles. The normalized spacial score (nSPS) is 16.2. The molecule has 1 atom stereocenters. The number of amides is 1. The molecule has 3 aromatic rings. The summed E-state index contributed by atoms with van der Waals surface area (Å²) in [6.07, 6.45) is 2.99. The maximum atomic E-state index is 12.6. The molecular weight excluding hydrogens is 378 g/mol. The topological polar surface area (TPSA) is 68.7 Å². The van der Waals surface area contributed by atoms with Crippen LogP contribution in [0, 0.1) is 11.3 Å². The summed E-state index contributed by atoms with van der Waals surface area (Å²) in [7, 11) is 0. The number of aryl methyl sites for hydroxylation is 1. The van der Waals surface area contributed by atoms with Crippen LogP contribution in [-0.4, -0.2) is 10.9 Å². The third kappa shape index (κ3) is 2.94. The van der Waals surface area contributed by atoms with E-state index in [1.54, 1.807) is 24.3 Å². The van der Waals surface area contributed by atoms with Gasteiger partial charge in [0.25, 0.3) is 5.91 Å². The predicted octanol–water partition coefficient (Wildman–Crippen LogP) is 4.61. The van der Waals surface area contributed by atoms with E-state index in [0.29, 0.717) is 11.1 Å². The van der Waals surface area contributed by atoms with Crippen LogP contribution in [-0.2, 0) is 6.42 Å². The highest BCUT2D eigenvalue weighted by atomic mass is 79.9. The molecule has 1 heterocycles. The zero-order valence-electron chi connectivity index (χ0n) is 13.5. The summed E-state index contributed by atoms with van der Waals surface area (Å²) >= 11 is 3.54. The van der Waals surface area contributed by atoms with Crippen molar-refractivity contribution in [3.63, 3.8) is 0 Å². The maximum Gasteiger partial charge on any atom is 0.251 e. The van der Waals surface area contributed by atoms with Crippen molar-refractivity contribution < 1.29 is 4.79 Å². The fourth-order valence-electron chi connectivity index (χ4n) is 3.52. The molecule has 0 aliphatic heterocycles. The molecule has 4 rings (SSSR count). The average molecular weight is 394 g/mol. The molecular formula is C20H16BrN3O. The van der Waals surface area contributed by atoms with E-state index in [9.17, 15) is 4.79 Å². The van der Waals surface area contributed by atoms with Gasteiger partial charge in [0.05, 0.1) is 17.7 Å². The number of carbonyl (C=O) groups is 1. The van der Waals surface area contributed by atoms with E-state index in [-0.39, 0.29) is 11.9 Å². The highest BCUT2D eigenvalue weighted by Crippen LogP contribution is 2.35. The van der Waals surface area contributed by atoms with E-state index in [1.165, 1.54) is 10.9 Å². The molecule has 0 saturated heterocycles. The van der Waals surface area contributed by atoms with Gasteiger partial charge in [0.1, 0.15) is 0 Å². The summed E-state index contributed by atoms with van der Waals surface area (Å²) in [5.41, 5.74) is 4.64. The van der Waals surface area contributed by atoms with Crippen LogP contribution in [0.25, 0.3) is 10.9 Å². The number of benzene rings is 2. The number of nitrogens with one attached hydrogen (secondary N) is 2. The summed E-state index contributed by atoms with van der Waals surface area (Å²) < 4.78 is 1.06. The Balaban J connectivity index is 1.63. The van der Waals surface area contributed by atoms with E-state index >= 15 is 0 Å². The zero-order chi connectivity index (χ0) is 17.4. The van der Waals surface area contributed by atoms with Crippen LogP contribution in [0.2, 0.25) is 0 Å². The van der Waals surface area contributed by atoms with Gasteiger partial charge in [-0.15, -0.1) is 0 Å². The van der Waals surface area contributed by atoms with Crippen molar-refractivity contribution in [1.29, 1.82) is 5.26 Å². The third-order valence-electron chi connectivity index (χ3n) is 4.75. The van der Waals surface area contributed by atoms with Crippen molar-refractivity contribution in [2.75, 3.05) is 0 Å². The molecule has 0 radical (unpaired) electrons. The standard InChI is InChI=1S/C20H16BrN3O/c21-14-8-9-17-16(10-14)15-2-1-3-18(19(15)23-17)24-20(25)13-6-4-12(11-22)5-7-13/h4-10,18,23H,1-3H2,(H,24,25). The summed E-state index contributed by atoms with van der Waals surface area (Å²) in [6.45, 7) is 0. The molecule has 1 unspecified atom stereocenters. The average Bonchev–Trinajstić information content (AvgIpc) is 3.01. The van der Waals surface area contributed by atoms with Crippen molar-refractivity contribution in [1.82, 2.24) is 10.3 Å². The summed E-state index contributed by atoms with van der Waals surface area (Å²) in [5, 5.41) is 13.2. The lowest BCUT2D eigenvalue weighted by Crippen LogP contribution is -2.31.